The number of aromatic nitrogens is 8. The summed E-state index contributed by atoms with van der Waals surface area (Å²) in [5.74, 6) is 1.65. The monoisotopic (exact) mass is 514 g/mol. The van der Waals surface area contributed by atoms with Crippen LogP contribution < -0.4 is 5.56 Å². The van der Waals surface area contributed by atoms with Crippen molar-refractivity contribution in [2.45, 2.75) is 38.6 Å². The molecule has 0 atom stereocenters. The number of pyridine rings is 1. The van der Waals surface area contributed by atoms with E-state index in [1.165, 1.54) is 17.4 Å². The van der Waals surface area contributed by atoms with Gasteiger partial charge < -0.3 is 9.13 Å². The lowest BCUT2D eigenvalue weighted by Gasteiger charge is -2.14. The Hall–Kier alpha value is -4.92. The van der Waals surface area contributed by atoms with E-state index in [1.807, 2.05) is 57.9 Å². The highest BCUT2D eigenvalue weighted by Crippen LogP contribution is 2.39. The lowest BCUT2D eigenvalue weighted by Crippen LogP contribution is -2.20. The molecular formula is C30H26N8O. The first-order valence-electron chi connectivity index (χ1n) is 13.1. The van der Waals surface area contributed by atoms with E-state index in [2.05, 4.69) is 52.3 Å². The second kappa shape index (κ2) is 9.13. The van der Waals surface area contributed by atoms with Gasteiger partial charge in [-0.25, -0.2) is 15.0 Å². The Morgan fingerprint density at radius 2 is 1.77 bits per heavy atom. The maximum absolute atomic E-state index is 13.9. The fraction of sp³-hybridized carbons (Fsp3) is 0.200. The SMILES string of the molecule is CC(C)n1cnnc1-c1cccc(-n2cnc3cc(-c4ccccc4)c(-n4cnc(C5CC5)c4)cc3c2=O)n1. The van der Waals surface area contributed by atoms with Gasteiger partial charge in [0.25, 0.3) is 5.56 Å². The molecule has 39 heavy (non-hydrogen) atoms. The van der Waals surface area contributed by atoms with Crippen molar-refractivity contribution in [2.24, 2.45) is 0 Å². The zero-order valence-electron chi connectivity index (χ0n) is 21.6. The van der Waals surface area contributed by atoms with Crippen LogP contribution in [0.5, 0.6) is 0 Å². The van der Waals surface area contributed by atoms with Gasteiger partial charge >= 0.3 is 0 Å². The fourth-order valence-electron chi connectivity index (χ4n) is 4.93. The summed E-state index contributed by atoms with van der Waals surface area (Å²) in [6.07, 6.45) is 9.50. The van der Waals surface area contributed by atoms with Crippen LogP contribution in [0.4, 0.5) is 0 Å². The highest BCUT2D eigenvalue weighted by Gasteiger charge is 2.26. The van der Waals surface area contributed by atoms with Crippen LogP contribution in [0, 0.1) is 0 Å². The third kappa shape index (κ3) is 4.12. The summed E-state index contributed by atoms with van der Waals surface area (Å²) in [7, 11) is 0. The average molecular weight is 515 g/mol. The van der Waals surface area contributed by atoms with Gasteiger partial charge in [0.2, 0.25) is 0 Å². The molecule has 0 N–H and O–H groups in total. The van der Waals surface area contributed by atoms with Gasteiger partial charge in [-0.15, -0.1) is 10.2 Å². The van der Waals surface area contributed by atoms with Crippen LogP contribution in [-0.2, 0) is 0 Å². The predicted octanol–water partition coefficient (Wildman–Crippen LogP) is 5.35. The number of hydrogen-bond acceptors (Lipinski definition) is 6. The zero-order valence-corrected chi connectivity index (χ0v) is 21.6. The summed E-state index contributed by atoms with van der Waals surface area (Å²) in [6, 6.07) is 19.7. The molecule has 0 aliphatic heterocycles. The number of fused-ring (bicyclic) bond motifs is 1. The van der Waals surface area contributed by atoms with Gasteiger partial charge in [-0.1, -0.05) is 36.4 Å². The minimum Gasteiger partial charge on any atom is -0.310 e. The van der Waals surface area contributed by atoms with Crippen LogP contribution in [-0.4, -0.2) is 38.9 Å². The summed E-state index contributed by atoms with van der Waals surface area (Å²) in [6.45, 7) is 4.12. The van der Waals surface area contributed by atoms with Crippen LogP contribution in [0.25, 0.3) is 45.1 Å². The van der Waals surface area contributed by atoms with Crippen LogP contribution in [0.3, 0.4) is 0 Å². The van der Waals surface area contributed by atoms with Gasteiger partial charge in [0, 0.05) is 23.7 Å². The van der Waals surface area contributed by atoms with E-state index in [0.29, 0.717) is 34.2 Å². The summed E-state index contributed by atoms with van der Waals surface area (Å²) >= 11 is 0. The molecule has 0 amide bonds. The first-order valence-corrected chi connectivity index (χ1v) is 13.1. The Morgan fingerprint density at radius 1 is 0.923 bits per heavy atom. The Balaban J connectivity index is 1.39. The maximum Gasteiger partial charge on any atom is 0.267 e. The molecule has 1 fully saturated rings. The van der Waals surface area contributed by atoms with Crippen molar-refractivity contribution in [3.63, 3.8) is 0 Å². The second-order valence-corrected chi connectivity index (χ2v) is 10.2. The van der Waals surface area contributed by atoms with E-state index in [4.69, 9.17) is 4.98 Å². The smallest absolute Gasteiger partial charge is 0.267 e. The van der Waals surface area contributed by atoms with Gasteiger partial charge in [0.15, 0.2) is 5.82 Å². The Kier molecular flexibility index (Phi) is 5.43. The third-order valence-corrected chi connectivity index (χ3v) is 7.18. The number of benzene rings is 2. The molecule has 192 valence electrons. The molecule has 1 aliphatic rings. The Bertz CT molecular complexity index is 1880. The van der Waals surface area contributed by atoms with E-state index in [9.17, 15) is 4.79 Å². The minimum absolute atomic E-state index is 0.173. The number of imidazole rings is 1. The van der Waals surface area contributed by atoms with Gasteiger partial charge in [-0.3, -0.25) is 9.36 Å². The van der Waals surface area contributed by atoms with Gasteiger partial charge in [-0.05, 0) is 56.5 Å². The largest absolute Gasteiger partial charge is 0.310 e. The topological polar surface area (TPSA) is 96.3 Å². The molecule has 0 radical (unpaired) electrons. The molecule has 4 aromatic heterocycles. The molecule has 1 saturated carbocycles. The summed E-state index contributed by atoms with van der Waals surface area (Å²) in [4.78, 5) is 28.0. The Labute approximate surface area is 224 Å². The molecule has 0 saturated heterocycles. The number of nitrogens with zero attached hydrogens (tertiary/aromatic N) is 8. The molecule has 9 nitrogen and oxygen atoms in total. The standard InChI is InChI=1S/C30H26N8O/c1-19(2)37-18-33-35-29(37)24-9-6-10-28(34-24)38-17-32-25-13-22(20-7-4-3-5-8-20)27(14-23(25)30(38)39)36-15-26(31-16-36)21-11-12-21/h3-10,13-19,21H,11-12H2,1-2H3. The van der Waals surface area contributed by atoms with Crippen molar-refractivity contribution < 1.29 is 0 Å². The van der Waals surface area contributed by atoms with Crippen molar-refractivity contribution in [1.29, 1.82) is 0 Å². The van der Waals surface area contributed by atoms with Crippen LogP contribution in [0.1, 0.15) is 44.3 Å². The molecule has 1 aliphatic carbocycles. The van der Waals surface area contributed by atoms with Gasteiger partial charge in [0.1, 0.15) is 24.2 Å². The van der Waals surface area contributed by atoms with Crippen LogP contribution in [0.2, 0.25) is 0 Å². The normalized spacial score (nSPS) is 13.4. The van der Waals surface area contributed by atoms with Crippen molar-refractivity contribution >= 4 is 10.9 Å². The molecule has 0 bridgehead atoms. The predicted molar refractivity (Wildman–Crippen MR) is 149 cm³/mol. The molecule has 9 heteroatoms. The lowest BCUT2D eigenvalue weighted by atomic mass is 10.0. The molecular weight excluding hydrogens is 488 g/mol. The zero-order chi connectivity index (χ0) is 26.5. The lowest BCUT2D eigenvalue weighted by molar-refractivity contribution is 0.603. The van der Waals surface area contributed by atoms with E-state index in [0.717, 1.165) is 22.5 Å². The molecule has 4 heterocycles. The quantitative estimate of drug-likeness (QED) is 0.297. The van der Waals surface area contributed by atoms with Crippen molar-refractivity contribution in [3.05, 3.63) is 102 Å². The third-order valence-electron chi connectivity index (χ3n) is 7.18. The van der Waals surface area contributed by atoms with Crippen molar-refractivity contribution in [2.75, 3.05) is 0 Å². The molecule has 6 aromatic rings. The van der Waals surface area contributed by atoms with Crippen LogP contribution in [0.15, 0.2) is 90.6 Å². The molecule has 0 spiro atoms. The van der Waals surface area contributed by atoms with E-state index >= 15 is 0 Å². The highest BCUT2D eigenvalue weighted by molar-refractivity contribution is 5.89. The summed E-state index contributed by atoms with van der Waals surface area (Å²) < 4.78 is 5.45. The van der Waals surface area contributed by atoms with Gasteiger partial charge in [0.05, 0.1) is 28.6 Å². The summed E-state index contributed by atoms with van der Waals surface area (Å²) in [5, 5.41) is 8.82. The Morgan fingerprint density at radius 3 is 2.56 bits per heavy atom. The summed E-state index contributed by atoms with van der Waals surface area (Å²) in [5.41, 5.74) is 5.07. The molecule has 0 unspecified atom stereocenters. The van der Waals surface area contributed by atoms with E-state index < -0.39 is 0 Å². The van der Waals surface area contributed by atoms with Crippen molar-refractivity contribution in [1.82, 2.24) is 38.9 Å². The van der Waals surface area contributed by atoms with Crippen LogP contribution >= 0.6 is 0 Å². The van der Waals surface area contributed by atoms with E-state index in [-0.39, 0.29) is 11.6 Å². The van der Waals surface area contributed by atoms with Gasteiger partial charge in [-0.2, -0.15) is 0 Å². The number of rotatable bonds is 6. The number of hydrogen-bond donors (Lipinski definition) is 0. The fourth-order valence-corrected chi connectivity index (χ4v) is 4.93. The van der Waals surface area contributed by atoms with E-state index in [1.54, 1.807) is 18.7 Å². The second-order valence-electron chi connectivity index (χ2n) is 10.2. The minimum atomic E-state index is -0.196. The molecule has 7 rings (SSSR count). The maximum atomic E-state index is 13.9. The first kappa shape index (κ1) is 23.2. The average Bonchev–Trinajstić information content (AvgIpc) is 3.48. The molecule has 2 aromatic carbocycles. The first-order chi connectivity index (χ1) is 19.1. The van der Waals surface area contributed by atoms with Crippen molar-refractivity contribution in [3.8, 4) is 34.2 Å². The highest BCUT2D eigenvalue weighted by atomic mass is 16.1.